The highest BCUT2D eigenvalue weighted by Crippen LogP contribution is 2.35. The van der Waals surface area contributed by atoms with Crippen molar-refractivity contribution in [3.8, 4) is 0 Å². The van der Waals surface area contributed by atoms with Gasteiger partial charge in [0, 0.05) is 13.1 Å². The Balaban J connectivity index is 1.71. The molecule has 2 atom stereocenters. The number of nitrogens with two attached hydrogens (primary N) is 2. The van der Waals surface area contributed by atoms with Crippen molar-refractivity contribution in [2.75, 3.05) is 23.7 Å². The number of nitrogens with zero attached hydrogens (tertiary/aromatic N) is 3. The number of primary amides is 1. The summed E-state index contributed by atoms with van der Waals surface area (Å²) in [7, 11) is 0. The zero-order valence-electron chi connectivity index (χ0n) is 14.2. The van der Waals surface area contributed by atoms with Gasteiger partial charge in [-0.05, 0) is 39.3 Å². The number of carbonyl (C=O) groups excluding carboxylic acids is 2. The Labute approximate surface area is 140 Å². The third kappa shape index (κ3) is 2.95. The zero-order valence-corrected chi connectivity index (χ0v) is 14.2. The number of amides is 2. The fourth-order valence-electron chi connectivity index (χ4n) is 3.24. The topological polar surface area (TPSA) is 115 Å². The molecule has 4 rings (SSSR count). The number of pyridine rings is 1. The number of ether oxygens (including phenoxy) is 1. The van der Waals surface area contributed by atoms with E-state index in [2.05, 4.69) is 4.98 Å². The van der Waals surface area contributed by atoms with E-state index in [-0.39, 0.29) is 29.6 Å². The molecule has 0 aliphatic carbocycles. The molecule has 130 valence electrons. The first-order chi connectivity index (χ1) is 11.2. The monoisotopic (exact) mass is 333 g/mol. The van der Waals surface area contributed by atoms with E-state index in [1.165, 1.54) is 0 Å². The van der Waals surface area contributed by atoms with Gasteiger partial charge in [0.25, 0.3) is 5.91 Å². The molecule has 0 spiro atoms. The molecule has 3 aliphatic heterocycles. The summed E-state index contributed by atoms with van der Waals surface area (Å²) < 4.78 is 5.46. The van der Waals surface area contributed by atoms with Crippen LogP contribution < -0.4 is 16.4 Å². The van der Waals surface area contributed by atoms with E-state index < -0.39 is 11.5 Å². The highest BCUT2D eigenvalue weighted by atomic mass is 16.6. The number of hydrogen-bond acceptors (Lipinski definition) is 6. The Hall–Kier alpha value is -2.51. The van der Waals surface area contributed by atoms with E-state index in [4.69, 9.17) is 16.2 Å². The molecular formula is C16H23N5O3. The molecule has 1 aromatic heterocycles. The smallest absolute Gasteiger partial charge is 0.410 e. The predicted molar refractivity (Wildman–Crippen MR) is 89.6 cm³/mol. The summed E-state index contributed by atoms with van der Waals surface area (Å²) in [6.45, 7) is 6.86. The quantitative estimate of drug-likeness (QED) is 0.833. The van der Waals surface area contributed by atoms with E-state index in [9.17, 15) is 9.59 Å². The van der Waals surface area contributed by atoms with Crippen molar-refractivity contribution in [2.45, 2.75) is 44.9 Å². The summed E-state index contributed by atoms with van der Waals surface area (Å²) in [6, 6.07) is 3.59. The van der Waals surface area contributed by atoms with Crippen LogP contribution in [0.3, 0.4) is 0 Å². The number of carbonyl (C=O) groups is 2. The van der Waals surface area contributed by atoms with Gasteiger partial charge < -0.3 is 21.1 Å². The second-order valence-corrected chi connectivity index (χ2v) is 7.31. The standard InChI is InChI=1S/C16H23N5O3/c1-16(2,3)24-15(23)21-9-6-10(21)8-20(7-9)12-5-4-11(17)13(19-12)14(18)22/h4-5,9-10H,6-8,17H2,1-3H3,(H2,18,22). The molecule has 3 fully saturated rings. The second-order valence-electron chi connectivity index (χ2n) is 7.31. The third-order valence-corrected chi connectivity index (χ3v) is 4.27. The molecule has 4 heterocycles. The van der Waals surface area contributed by atoms with Crippen molar-refractivity contribution < 1.29 is 14.3 Å². The van der Waals surface area contributed by atoms with Crippen LogP contribution >= 0.6 is 0 Å². The van der Waals surface area contributed by atoms with Gasteiger partial charge in [0.2, 0.25) is 0 Å². The maximum Gasteiger partial charge on any atom is 0.410 e. The Bertz CT molecular complexity index is 673. The van der Waals surface area contributed by atoms with Crippen LogP contribution in [0.25, 0.3) is 0 Å². The molecule has 24 heavy (non-hydrogen) atoms. The second kappa shape index (κ2) is 5.54. The third-order valence-electron chi connectivity index (χ3n) is 4.27. The summed E-state index contributed by atoms with van der Waals surface area (Å²) in [6.07, 6.45) is 0.680. The molecular weight excluding hydrogens is 310 g/mol. The molecule has 3 saturated heterocycles. The van der Waals surface area contributed by atoms with Gasteiger partial charge in [0.1, 0.15) is 11.4 Å². The van der Waals surface area contributed by atoms with Crippen molar-refractivity contribution in [1.82, 2.24) is 9.88 Å². The first-order valence-corrected chi connectivity index (χ1v) is 7.98. The highest BCUT2D eigenvalue weighted by Gasteiger charge is 2.49. The van der Waals surface area contributed by atoms with Gasteiger partial charge in [-0.2, -0.15) is 0 Å². The normalized spacial score (nSPS) is 22.8. The molecule has 3 aliphatic rings. The van der Waals surface area contributed by atoms with Crippen LogP contribution in [0.1, 0.15) is 37.7 Å². The number of fused-ring (bicyclic) bond motifs is 2. The minimum atomic E-state index is -0.646. The number of aromatic nitrogens is 1. The summed E-state index contributed by atoms with van der Waals surface area (Å²) in [5, 5.41) is 0. The molecule has 0 radical (unpaired) electrons. The Morgan fingerprint density at radius 2 is 1.88 bits per heavy atom. The van der Waals surface area contributed by atoms with Crippen LogP contribution in [0.5, 0.6) is 0 Å². The van der Waals surface area contributed by atoms with Crippen LogP contribution in [0.2, 0.25) is 0 Å². The van der Waals surface area contributed by atoms with Gasteiger partial charge in [-0.3, -0.25) is 9.69 Å². The molecule has 1 aromatic rings. The minimum absolute atomic E-state index is 0.0794. The van der Waals surface area contributed by atoms with E-state index in [1.807, 2.05) is 25.7 Å². The Kier molecular flexibility index (Phi) is 3.77. The number of rotatable bonds is 2. The molecule has 2 amide bonds. The average molecular weight is 333 g/mol. The number of piperidine rings is 1. The summed E-state index contributed by atoms with van der Waals surface area (Å²) in [5.41, 5.74) is 10.9. The predicted octanol–water partition coefficient (Wildman–Crippen LogP) is 0.961. The van der Waals surface area contributed by atoms with Crippen LogP contribution in [0, 0.1) is 0 Å². The van der Waals surface area contributed by atoms with Gasteiger partial charge in [0.15, 0.2) is 5.69 Å². The lowest BCUT2D eigenvalue weighted by atomic mass is 9.88. The minimum Gasteiger partial charge on any atom is -0.444 e. The lowest BCUT2D eigenvalue weighted by Crippen LogP contribution is -2.70. The number of hydrogen-bond donors (Lipinski definition) is 2. The van der Waals surface area contributed by atoms with Crippen LogP contribution in [-0.4, -0.2) is 52.7 Å². The van der Waals surface area contributed by atoms with Gasteiger partial charge in [-0.15, -0.1) is 0 Å². The molecule has 0 aromatic carbocycles. The summed E-state index contributed by atoms with van der Waals surface area (Å²) >= 11 is 0. The SMILES string of the molecule is CC(C)(C)OC(=O)N1C2CC1CN(c1ccc(N)c(C(N)=O)n1)C2. The maximum atomic E-state index is 12.3. The Morgan fingerprint density at radius 3 is 2.42 bits per heavy atom. The Morgan fingerprint density at radius 1 is 1.25 bits per heavy atom. The molecule has 2 bridgehead atoms. The van der Waals surface area contributed by atoms with Crippen molar-refractivity contribution in [1.29, 1.82) is 0 Å². The van der Waals surface area contributed by atoms with Crippen molar-refractivity contribution in [3.63, 3.8) is 0 Å². The van der Waals surface area contributed by atoms with Crippen LogP contribution in [-0.2, 0) is 4.74 Å². The van der Waals surface area contributed by atoms with Crippen molar-refractivity contribution in [2.24, 2.45) is 5.73 Å². The van der Waals surface area contributed by atoms with Crippen molar-refractivity contribution >= 4 is 23.5 Å². The van der Waals surface area contributed by atoms with E-state index in [0.717, 1.165) is 6.42 Å². The largest absolute Gasteiger partial charge is 0.444 e. The average Bonchev–Trinajstić information content (AvgIpc) is 2.45. The molecule has 2 unspecified atom stereocenters. The number of anilines is 2. The van der Waals surface area contributed by atoms with Crippen molar-refractivity contribution in [3.05, 3.63) is 17.8 Å². The summed E-state index contributed by atoms with van der Waals surface area (Å²) in [5.74, 6) is 0.00318. The van der Waals surface area contributed by atoms with Gasteiger partial charge in [-0.25, -0.2) is 9.78 Å². The molecule has 8 nitrogen and oxygen atoms in total. The maximum absolute atomic E-state index is 12.3. The van der Waals surface area contributed by atoms with E-state index in [1.54, 1.807) is 17.0 Å². The number of nitrogen functional groups attached to an aromatic ring is 1. The lowest BCUT2D eigenvalue weighted by Gasteiger charge is -2.56. The molecule has 8 heteroatoms. The molecule has 0 saturated carbocycles. The van der Waals surface area contributed by atoms with Crippen LogP contribution in [0.15, 0.2) is 12.1 Å². The lowest BCUT2D eigenvalue weighted by molar-refractivity contribution is -0.0380. The van der Waals surface area contributed by atoms with Gasteiger partial charge >= 0.3 is 6.09 Å². The zero-order chi connectivity index (χ0) is 17.6. The first kappa shape index (κ1) is 16.4. The fraction of sp³-hybridized carbons (Fsp3) is 0.562. The van der Waals surface area contributed by atoms with Gasteiger partial charge in [0.05, 0.1) is 17.8 Å². The van der Waals surface area contributed by atoms with Crippen LogP contribution in [0.4, 0.5) is 16.3 Å². The van der Waals surface area contributed by atoms with E-state index in [0.29, 0.717) is 18.9 Å². The number of piperazine rings is 1. The van der Waals surface area contributed by atoms with Gasteiger partial charge in [-0.1, -0.05) is 0 Å². The van der Waals surface area contributed by atoms with E-state index >= 15 is 0 Å². The highest BCUT2D eigenvalue weighted by molar-refractivity contribution is 5.96. The fourth-order valence-corrected chi connectivity index (χ4v) is 3.24. The molecule has 4 N–H and O–H groups in total. The summed E-state index contributed by atoms with van der Waals surface area (Å²) in [4.78, 5) is 31.8. The first-order valence-electron chi connectivity index (χ1n) is 7.98.